The van der Waals surface area contributed by atoms with Crippen LogP contribution in [0.25, 0.3) is 10.7 Å². The van der Waals surface area contributed by atoms with Gasteiger partial charge in [-0.2, -0.15) is 4.98 Å². The summed E-state index contributed by atoms with van der Waals surface area (Å²) in [4.78, 5) is 20.1. The molecule has 0 radical (unpaired) electrons. The lowest BCUT2D eigenvalue weighted by molar-refractivity contribution is -0.136. The molecular formula is C12H9N3O3S3. The van der Waals surface area contributed by atoms with E-state index < -0.39 is 5.97 Å². The topological polar surface area (TPSA) is 89.1 Å². The average Bonchev–Trinajstić information content (AvgIpc) is 3.17. The second kappa shape index (κ2) is 6.37. The molecule has 0 bridgehead atoms. The molecule has 1 N–H and O–H groups in total. The van der Waals surface area contributed by atoms with Crippen molar-refractivity contribution in [3.63, 3.8) is 0 Å². The van der Waals surface area contributed by atoms with E-state index in [1.54, 1.807) is 16.7 Å². The number of carbonyl (C=O) groups is 1. The summed E-state index contributed by atoms with van der Waals surface area (Å²) in [5.41, 5.74) is 0.569. The molecule has 108 valence electrons. The Morgan fingerprint density at radius 1 is 1.38 bits per heavy atom. The highest BCUT2D eigenvalue weighted by molar-refractivity contribution is 8.00. The van der Waals surface area contributed by atoms with Gasteiger partial charge < -0.3 is 9.63 Å². The van der Waals surface area contributed by atoms with Gasteiger partial charge in [0.05, 0.1) is 22.7 Å². The van der Waals surface area contributed by atoms with Gasteiger partial charge in [-0.15, -0.1) is 22.7 Å². The Morgan fingerprint density at radius 3 is 3.05 bits per heavy atom. The highest BCUT2D eigenvalue weighted by Gasteiger charge is 2.11. The molecule has 0 amide bonds. The molecule has 21 heavy (non-hydrogen) atoms. The third-order valence-electron chi connectivity index (χ3n) is 2.39. The molecule has 3 heterocycles. The van der Waals surface area contributed by atoms with E-state index in [1.165, 1.54) is 23.1 Å². The van der Waals surface area contributed by atoms with Gasteiger partial charge in [0.1, 0.15) is 0 Å². The van der Waals surface area contributed by atoms with Gasteiger partial charge in [-0.25, -0.2) is 4.98 Å². The number of carboxylic acid groups (broad SMARTS) is 1. The van der Waals surface area contributed by atoms with E-state index in [2.05, 4.69) is 15.1 Å². The maximum Gasteiger partial charge on any atom is 0.309 e. The molecule has 0 aliphatic heterocycles. The molecule has 3 aromatic rings. The molecule has 0 fully saturated rings. The Labute approximate surface area is 131 Å². The molecule has 9 heteroatoms. The molecule has 0 spiro atoms. The fourth-order valence-electron chi connectivity index (χ4n) is 1.53. The van der Waals surface area contributed by atoms with Gasteiger partial charge in [0.15, 0.2) is 4.34 Å². The zero-order valence-corrected chi connectivity index (χ0v) is 13.0. The number of carboxylic acids is 1. The summed E-state index contributed by atoms with van der Waals surface area (Å²) in [5.74, 6) is 0.748. The number of thiophene rings is 1. The third kappa shape index (κ3) is 3.69. The Bertz CT molecular complexity index is 736. The van der Waals surface area contributed by atoms with Crippen molar-refractivity contribution in [1.29, 1.82) is 0 Å². The molecule has 3 rings (SSSR count). The number of nitrogens with zero attached hydrogens (tertiary/aromatic N) is 3. The van der Waals surface area contributed by atoms with Crippen LogP contribution in [-0.4, -0.2) is 26.2 Å². The van der Waals surface area contributed by atoms with E-state index in [4.69, 9.17) is 9.63 Å². The zero-order valence-electron chi connectivity index (χ0n) is 10.6. The summed E-state index contributed by atoms with van der Waals surface area (Å²) in [6.45, 7) is 0. The largest absolute Gasteiger partial charge is 0.481 e. The first kappa shape index (κ1) is 14.2. The van der Waals surface area contributed by atoms with E-state index >= 15 is 0 Å². The lowest BCUT2D eigenvalue weighted by atomic mass is 10.3. The predicted octanol–water partition coefficient (Wildman–Crippen LogP) is 3.17. The van der Waals surface area contributed by atoms with Crippen molar-refractivity contribution < 1.29 is 14.4 Å². The van der Waals surface area contributed by atoms with E-state index in [0.717, 1.165) is 9.22 Å². The van der Waals surface area contributed by atoms with Gasteiger partial charge in [-0.1, -0.05) is 23.0 Å². The molecule has 0 atom stereocenters. The van der Waals surface area contributed by atoms with Crippen molar-refractivity contribution >= 4 is 40.4 Å². The maximum absolute atomic E-state index is 10.6. The first-order chi connectivity index (χ1) is 10.2. The molecule has 0 aliphatic rings. The smallest absolute Gasteiger partial charge is 0.309 e. The Balaban J connectivity index is 1.60. The minimum absolute atomic E-state index is 0.0554. The summed E-state index contributed by atoms with van der Waals surface area (Å²) >= 11 is 4.42. The molecule has 3 aromatic heterocycles. The van der Waals surface area contributed by atoms with Gasteiger partial charge in [0.2, 0.25) is 11.7 Å². The normalized spacial score (nSPS) is 10.9. The van der Waals surface area contributed by atoms with Crippen LogP contribution in [0.3, 0.4) is 0 Å². The molecular weight excluding hydrogens is 330 g/mol. The van der Waals surface area contributed by atoms with Crippen molar-refractivity contribution in [2.45, 2.75) is 16.5 Å². The quantitative estimate of drug-likeness (QED) is 0.690. The summed E-state index contributed by atoms with van der Waals surface area (Å²) in [6, 6.07) is 3.87. The number of rotatable bonds is 6. The van der Waals surface area contributed by atoms with Crippen LogP contribution in [0.1, 0.15) is 11.6 Å². The first-order valence-electron chi connectivity index (χ1n) is 5.86. The number of hydrogen-bond donors (Lipinski definition) is 1. The average molecular weight is 339 g/mol. The monoisotopic (exact) mass is 339 g/mol. The summed E-state index contributed by atoms with van der Waals surface area (Å²) in [5, 5.41) is 16.3. The third-order valence-corrected chi connectivity index (χ3v) is 5.31. The van der Waals surface area contributed by atoms with Crippen molar-refractivity contribution in [1.82, 2.24) is 15.1 Å². The van der Waals surface area contributed by atoms with Crippen molar-refractivity contribution in [3.8, 4) is 10.7 Å². The van der Waals surface area contributed by atoms with Gasteiger partial charge in [-0.3, -0.25) is 4.79 Å². The molecule has 0 aromatic carbocycles. The summed E-state index contributed by atoms with van der Waals surface area (Å²) < 4.78 is 5.98. The lowest BCUT2D eigenvalue weighted by Gasteiger charge is -1.91. The SMILES string of the molecule is O=C(O)Cc1csc(SCc2nc(-c3cccs3)no2)n1. The predicted molar refractivity (Wildman–Crippen MR) is 80.6 cm³/mol. The van der Waals surface area contributed by atoms with Gasteiger partial charge in [-0.05, 0) is 11.4 Å². The fourth-order valence-corrected chi connectivity index (χ4v) is 3.86. The molecule has 0 unspecified atom stereocenters. The Kier molecular flexibility index (Phi) is 4.32. The van der Waals surface area contributed by atoms with Crippen LogP contribution in [0.5, 0.6) is 0 Å². The minimum atomic E-state index is -0.880. The number of thioether (sulfide) groups is 1. The van der Waals surface area contributed by atoms with Crippen molar-refractivity contribution in [3.05, 3.63) is 34.5 Å². The van der Waals surface area contributed by atoms with Gasteiger partial charge in [0, 0.05) is 5.38 Å². The Hall–Kier alpha value is -1.71. The minimum Gasteiger partial charge on any atom is -0.481 e. The van der Waals surface area contributed by atoms with Crippen LogP contribution >= 0.6 is 34.4 Å². The van der Waals surface area contributed by atoms with E-state index in [-0.39, 0.29) is 6.42 Å². The fraction of sp³-hybridized carbons (Fsp3) is 0.167. The highest BCUT2D eigenvalue weighted by Crippen LogP contribution is 2.27. The van der Waals surface area contributed by atoms with E-state index in [1.807, 2.05) is 17.5 Å². The number of aliphatic carboxylic acids is 1. The van der Waals surface area contributed by atoms with Crippen LogP contribution in [0.15, 0.2) is 31.8 Å². The van der Waals surface area contributed by atoms with Crippen LogP contribution in [-0.2, 0) is 17.0 Å². The Morgan fingerprint density at radius 2 is 2.29 bits per heavy atom. The van der Waals surface area contributed by atoms with Crippen LogP contribution < -0.4 is 0 Å². The molecule has 0 saturated heterocycles. The van der Waals surface area contributed by atoms with Crippen molar-refractivity contribution in [2.24, 2.45) is 0 Å². The van der Waals surface area contributed by atoms with Gasteiger partial charge in [0.25, 0.3) is 0 Å². The number of thiazole rings is 1. The first-order valence-corrected chi connectivity index (χ1v) is 8.60. The number of aromatic nitrogens is 3. The second-order valence-corrected chi connectivity index (χ2v) is 6.98. The van der Waals surface area contributed by atoms with Crippen molar-refractivity contribution in [2.75, 3.05) is 0 Å². The highest BCUT2D eigenvalue weighted by atomic mass is 32.2. The van der Waals surface area contributed by atoms with E-state index in [0.29, 0.717) is 23.2 Å². The zero-order chi connectivity index (χ0) is 14.7. The van der Waals surface area contributed by atoms with Crippen LogP contribution in [0, 0.1) is 0 Å². The van der Waals surface area contributed by atoms with E-state index in [9.17, 15) is 4.79 Å². The standard InChI is InChI=1S/C12H9N3O3S3/c16-10(17)4-7-5-20-12(13-7)21-6-9-14-11(15-18-9)8-2-1-3-19-8/h1-3,5H,4,6H2,(H,16,17). The molecule has 0 aliphatic carbocycles. The molecule has 0 saturated carbocycles. The lowest BCUT2D eigenvalue weighted by Crippen LogP contribution is -1.99. The number of hydrogen-bond acceptors (Lipinski definition) is 8. The summed E-state index contributed by atoms with van der Waals surface area (Å²) in [6.07, 6.45) is -0.0554. The van der Waals surface area contributed by atoms with Crippen LogP contribution in [0.2, 0.25) is 0 Å². The second-order valence-electron chi connectivity index (χ2n) is 3.95. The maximum atomic E-state index is 10.6. The van der Waals surface area contributed by atoms with Gasteiger partial charge >= 0.3 is 5.97 Å². The summed E-state index contributed by atoms with van der Waals surface area (Å²) in [7, 11) is 0. The molecule has 6 nitrogen and oxygen atoms in total. The van der Waals surface area contributed by atoms with Crippen LogP contribution in [0.4, 0.5) is 0 Å².